The smallest absolute Gasteiger partial charge is 0.264 e. The van der Waals surface area contributed by atoms with Crippen molar-refractivity contribution in [3.05, 3.63) is 89.5 Å². The lowest BCUT2D eigenvalue weighted by Gasteiger charge is -2.11. The molecule has 0 radical (unpaired) electrons. The fourth-order valence-electron chi connectivity index (χ4n) is 2.79. The van der Waals surface area contributed by atoms with Crippen molar-refractivity contribution in [3.63, 3.8) is 0 Å². The van der Waals surface area contributed by atoms with Gasteiger partial charge in [0.15, 0.2) is 0 Å². The summed E-state index contributed by atoms with van der Waals surface area (Å²) in [5, 5.41) is 2.64. The molecule has 0 atom stereocenters. The van der Waals surface area contributed by atoms with E-state index in [0.29, 0.717) is 12.2 Å². The fourth-order valence-corrected chi connectivity index (χ4v) is 3.96. The van der Waals surface area contributed by atoms with Crippen molar-refractivity contribution in [3.8, 4) is 5.75 Å². The van der Waals surface area contributed by atoms with Crippen molar-refractivity contribution in [2.45, 2.75) is 11.3 Å². The number of ether oxygens (including phenoxy) is 1. The van der Waals surface area contributed by atoms with E-state index in [-0.39, 0.29) is 23.6 Å². The van der Waals surface area contributed by atoms with Gasteiger partial charge in [-0.2, -0.15) is 0 Å². The summed E-state index contributed by atoms with van der Waals surface area (Å²) >= 11 is 0. The number of carbonyl (C=O) groups excluding carboxylic acids is 1. The minimum atomic E-state index is -4.27. The van der Waals surface area contributed by atoms with Crippen LogP contribution >= 0.6 is 0 Å². The number of rotatable bonds is 8. The number of halogens is 2. The zero-order valence-corrected chi connectivity index (χ0v) is 17.4. The molecule has 0 unspecified atom stereocenters. The van der Waals surface area contributed by atoms with Crippen LogP contribution in [-0.4, -0.2) is 28.0 Å². The summed E-state index contributed by atoms with van der Waals surface area (Å²) in [5.74, 6) is -1.35. The van der Waals surface area contributed by atoms with Gasteiger partial charge >= 0.3 is 0 Å². The zero-order chi connectivity index (χ0) is 22.4. The van der Waals surface area contributed by atoms with Gasteiger partial charge in [-0.3, -0.25) is 9.52 Å². The molecule has 0 saturated carbocycles. The van der Waals surface area contributed by atoms with Gasteiger partial charge in [0, 0.05) is 17.8 Å². The number of benzene rings is 3. The molecule has 0 aliphatic rings. The van der Waals surface area contributed by atoms with Gasteiger partial charge in [-0.05, 0) is 66.6 Å². The van der Waals surface area contributed by atoms with Crippen molar-refractivity contribution in [1.82, 2.24) is 5.32 Å². The van der Waals surface area contributed by atoms with E-state index in [2.05, 4.69) is 10.0 Å². The lowest BCUT2D eigenvalue weighted by molar-refractivity contribution is 0.0954. The third kappa shape index (κ3) is 5.79. The Labute approximate surface area is 178 Å². The number of amides is 1. The Morgan fingerprint density at radius 2 is 1.65 bits per heavy atom. The van der Waals surface area contributed by atoms with E-state index in [9.17, 15) is 22.0 Å². The molecule has 9 heteroatoms. The summed E-state index contributed by atoms with van der Waals surface area (Å²) in [6, 6.07) is 15.0. The van der Waals surface area contributed by atoms with Crippen LogP contribution in [0, 0.1) is 11.6 Å². The SMILES string of the molecule is COc1ccc(NS(=O)(=O)c2cc(C(=O)NCCc3ccc(F)cc3)ccc2F)cc1. The molecule has 0 saturated heterocycles. The first kappa shape index (κ1) is 22.2. The van der Waals surface area contributed by atoms with Crippen molar-refractivity contribution in [2.24, 2.45) is 0 Å². The van der Waals surface area contributed by atoms with Gasteiger partial charge in [-0.25, -0.2) is 17.2 Å². The Morgan fingerprint density at radius 1 is 0.968 bits per heavy atom. The Balaban J connectivity index is 1.70. The second kappa shape index (κ2) is 9.57. The number of sulfonamides is 1. The maximum atomic E-state index is 14.3. The molecule has 6 nitrogen and oxygen atoms in total. The molecule has 3 rings (SSSR count). The van der Waals surface area contributed by atoms with Gasteiger partial charge < -0.3 is 10.1 Å². The second-order valence-corrected chi connectivity index (χ2v) is 8.26. The summed E-state index contributed by atoms with van der Waals surface area (Å²) in [6.45, 7) is 0.244. The van der Waals surface area contributed by atoms with Crippen molar-refractivity contribution >= 4 is 21.6 Å². The quantitative estimate of drug-likeness (QED) is 0.552. The highest BCUT2D eigenvalue weighted by molar-refractivity contribution is 7.92. The predicted molar refractivity (Wildman–Crippen MR) is 113 cm³/mol. The van der Waals surface area contributed by atoms with E-state index in [1.54, 1.807) is 24.3 Å². The van der Waals surface area contributed by atoms with E-state index in [0.717, 1.165) is 17.7 Å². The zero-order valence-electron chi connectivity index (χ0n) is 16.6. The highest BCUT2D eigenvalue weighted by atomic mass is 32.2. The highest BCUT2D eigenvalue weighted by Crippen LogP contribution is 2.22. The molecule has 1 amide bonds. The van der Waals surface area contributed by atoms with Crippen LogP contribution in [0.15, 0.2) is 71.6 Å². The molecule has 0 heterocycles. The molecular formula is C22H20F2N2O4S. The van der Waals surface area contributed by atoms with Gasteiger partial charge in [-0.15, -0.1) is 0 Å². The van der Waals surface area contributed by atoms with Crippen molar-refractivity contribution in [1.29, 1.82) is 0 Å². The molecule has 2 N–H and O–H groups in total. The Bertz CT molecular complexity index is 1170. The van der Waals surface area contributed by atoms with Crippen LogP contribution in [0.3, 0.4) is 0 Å². The van der Waals surface area contributed by atoms with Crippen LogP contribution in [0.25, 0.3) is 0 Å². The highest BCUT2D eigenvalue weighted by Gasteiger charge is 2.21. The minimum absolute atomic E-state index is 0.00406. The average Bonchev–Trinajstić information content (AvgIpc) is 2.75. The van der Waals surface area contributed by atoms with Crippen LogP contribution in [0.2, 0.25) is 0 Å². The van der Waals surface area contributed by atoms with Gasteiger partial charge in [0.05, 0.1) is 7.11 Å². The molecule has 0 aliphatic carbocycles. The van der Waals surface area contributed by atoms with E-state index in [4.69, 9.17) is 4.74 Å². The van der Waals surface area contributed by atoms with Gasteiger partial charge in [0.2, 0.25) is 0 Å². The van der Waals surface area contributed by atoms with Gasteiger partial charge in [0.25, 0.3) is 15.9 Å². The largest absolute Gasteiger partial charge is 0.497 e. The summed E-state index contributed by atoms with van der Waals surface area (Å²) in [4.78, 5) is 11.7. The summed E-state index contributed by atoms with van der Waals surface area (Å²) in [5.41, 5.74) is 1.04. The third-order valence-corrected chi connectivity index (χ3v) is 5.83. The average molecular weight is 446 g/mol. The lowest BCUT2D eigenvalue weighted by atomic mass is 10.1. The van der Waals surface area contributed by atoms with Crippen LogP contribution in [0.5, 0.6) is 5.75 Å². The first-order valence-corrected chi connectivity index (χ1v) is 10.8. The molecule has 0 fully saturated rings. The molecule has 3 aromatic carbocycles. The van der Waals surface area contributed by atoms with E-state index < -0.39 is 26.6 Å². The number of carbonyl (C=O) groups is 1. The lowest BCUT2D eigenvalue weighted by Crippen LogP contribution is -2.26. The topological polar surface area (TPSA) is 84.5 Å². The number of hydrogen-bond donors (Lipinski definition) is 2. The summed E-state index contributed by atoms with van der Waals surface area (Å²) in [6.07, 6.45) is 0.456. The first-order chi connectivity index (χ1) is 14.8. The maximum Gasteiger partial charge on any atom is 0.264 e. The third-order valence-electron chi connectivity index (χ3n) is 4.44. The van der Waals surface area contributed by atoms with E-state index in [1.165, 1.54) is 37.4 Å². The molecule has 3 aromatic rings. The number of methoxy groups -OCH3 is 1. The second-order valence-electron chi connectivity index (χ2n) is 6.61. The van der Waals surface area contributed by atoms with Crippen LogP contribution in [0.4, 0.5) is 14.5 Å². The molecule has 0 aromatic heterocycles. The van der Waals surface area contributed by atoms with Gasteiger partial charge in [-0.1, -0.05) is 12.1 Å². The minimum Gasteiger partial charge on any atom is -0.497 e. The van der Waals surface area contributed by atoms with Crippen LogP contribution in [0.1, 0.15) is 15.9 Å². The fraction of sp³-hybridized carbons (Fsp3) is 0.136. The Hall–Kier alpha value is -3.46. The number of nitrogens with one attached hydrogen (secondary N) is 2. The summed E-state index contributed by atoms with van der Waals surface area (Å²) in [7, 11) is -2.79. The molecule has 162 valence electrons. The molecule has 0 aliphatic heterocycles. The van der Waals surface area contributed by atoms with E-state index in [1.807, 2.05) is 0 Å². The molecular weight excluding hydrogens is 426 g/mol. The number of hydrogen-bond acceptors (Lipinski definition) is 4. The van der Waals surface area contributed by atoms with Crippen LogP contribution < -0.4 is 14.8 Å². The Morgan fingerprint density at radius 3 is 2.29 bits per heavy atom. The van der Waals surface area contributed by atoms with Gasteiger partial charge in [0.1, 0.15) is 22.3 Å². The first-order valence-electron chi connectivity index (χ1n) is 9.27. The standard InChI is InChI=1S/C22H20F2N2O4S/c1-30-19-9-7-18(8-10-19)26-31(28,29)21-14-16(4-11-20(21)24)22(27)25-13-12-15-2-5-17(23)6-3-15/h2-11,14,26H,12-13H2,1H3,(H,25,27). The molecule has 31 heavy (non-hydrogen) atoms. The van der Waals surface area contributed by atoms with Crippen molar-refractivity contribution < 1.29 is 26.7 Å². The monoisotopic (exact) mass is 446 g/mol. The maximum absolute atomic E-state index is 14.3. The van der Waals surface area contributed by atoms with Crippen molar-refractivity contribution in [2.75, 3.05) is 18.4 Å². The number of anilines is 1. The molecule has 0 bridgehead atoms. The normalized spacial score (nSPS) is 11.1. The summed E-state index contributed by atoms with van der Waals surface area (Å²) < 4.78 is 59.7. The Kier molecular flexibility index (Phi) is 6.86. The van der Waals surface area contributed by atoms with E-state index >= 15 is 0 Å². The van der Waals surface area contributed by atoms with Crippen LogP contribution in [-0.2, 0) is 16.4 Å². The molecule has 0 spiro atoms. The predicted octanol–water partition coefficient (Wildman–Crippen LogP) is 3.75.